The summed E-state index contributed by atoms with van der Waals surface area (Å²) in [7, 11) is 2.82. The van der Waals surface area contributed by atoms with Crippen LogP contribution in [0, 0.1) is 0 Å². The van der Waals surface area contributed by atoms with E-state index >= 15 is 0 Å². The summed E-state index contributed by atoms with van der Waals surface area (Å²) in [4.78, 5) is 75.1. The Morgan fingerprint density at radius 2 is 1.72 bits per heavy atom. The normalized spacial score (nSPS) is 15.9. The Morgan fingerprint density at radius 1 is 1.00 bits per heavy atom. The van der Waals surface area contributed by atoms with Crippen LogP contribution in [0.4, 0.5) is 15.3 Å². The highest BCUT2D eigenvalue weighted by atomic mass is 33.1. The minimum atomic E-state index is -1.14. The quantitative estimate of drug-likeness (QED) is 0.169. The van der Waals surface area contributed by atoms with E-state index < -0.39 is 36.6 Å². The van der Waals surface area contributed by atoms with Crippen LogP contribution in [0.1, 0.15) is 34.3 Å². The number of imide groups is 1. The van der Waals surface area contributed by atoms with Gasteiger partial charge in [-0.1, -0.05) is 58.0 Å². The molecule has 0 spiro atoms. The number of hydrogen-bond donors (Lipinski definition) is 3. The van der Waals surface area contributed by atoms with Crippen LogP contribution in [0.3, 0.4) is 0 Å². The smallest absolute Gasteiger partial charge is 0.411 e. The Bertz CT molecular complexity index is 1380. The molecule has 0 bridgehead atoms. The highest BCUT2D eigenvalue weighted by Gasteiger charge is 2.40. The van der Waals surface area contributed by atoms with Crippen LogP contribution in [-0.2, 0) is 36.9 Å². The molecule has 2 aliphatic rings. The second-order valence-electron chi connectivity index (χ2n) is 9.49. The molecule has 1 saturated heterocycles. The van der Waals surface area contributed by atoms with E-state index in [1.165, 1.54) is 26.5 Å². The van der Waals surface area contributed by atoms with Gasteiger partial charge in [-0.15, -0.1) is 0 Å². The lowest BCUT2D eigenvalue weighted by molar-refractivity contribution is -0.138. The first-order valence-electron chi connectivity index (χ1n) is 13.3. The van der Waals surface area contributed by atoms with Crippen LogP contribution < -0.4 is 10.6 Å². The minimum absolute atomic E-state index is 0.0798. The van der Waals surface area contributed by atoms with Crippen molar-refractivity contribution >= 4 is 63.2 Å². The summed E-state index contributed by atoms with van der Waals surface area (Å²) in [6.07, 6.45) is -1.02. The summed E-state index contributed by atoms with van der Waals surface area (Å²) >= 11 is 0. The van der Waals surface area contributed by atoms with Crippen LogP contribution in [0.25, 0.3) is 0 Å². The van der Waals surface area contributed by atoms with Crippen molar-refractivity contribution in [3.63, 3.8) is 0 Å². The van der Waals surface area contributed by atoms with Gasteiger partial charge < -0.3 is 19.5 Å². The van der Waals surface area contributed by atoms with Crippen molar-refractivity contribution in [2.45, 2.75) is 32.0 Å². The number of benzene rings is 2. The number of anilines is 1. The van der Waals surface area contributed by atoms with Crippen LogP contribution >= 0.6 is 21.6 Å². The van der Waals surface area contributed by atoms with E-state index in [4.69, 9.17) is 14.6 Å². The molecule has 0 aliphatic carbocycles. The van der Waals surface area contributed by atoms with Gasteiger partial charge in [-0.05, 0) is 24.1 Å². The number of nitrogens with zero attached hydrogens (tertiary/aromatic N) is 2. The first-order valence-corrected chi connectivity index (χ1v) is 15.8. The van der Waals surface area contributed by atoms with Crippen LogP contribution in [0.5, 0.6) is 0 Å². The molecule has 43 heavy (non-hydrogen) atoms. The molecule has 3 N–H and O–H groups in total. The Balaban J connectivity index is 1.14. The number of carboxylic acid groups (broad SMARTS) is 1. The molecular weight excluding hydrogens is 600 g/mol. The third-order valence-electron chi connectivity index (χ3n) is 6.49. The van der Waals surface area contributed by atoms with Crippen molar-refractivity contribution in [1.82, 2.24) is 15.1 Å². The molecule has 1 unspecified atom stereocenters. The molecule has 0 aromatic heterocycles. The number of rotatable bonds is 13. The molecule has 15 heteroatoms. The topological polar surface area (TPSA) is 172 Å². The van der Waals surface area contributed by atoms with E-state index in [2.05, 4.69) is 10.6 Å². The number of piperidine rings is 1. The number of carbonyl (C=O) groups is 6. The van der Waals surface area contributed by atoms with E-state index in [9.17, 15) is 28.8 Å². The average Bonchev–Trinajstić information content (AvgIpc) is 3.31. The van der Waals surface area contributed by atoms with Crippen molar-refractivity contribution in [2.24, 2.45) is 0 Å². The number of carboxylic acids is 1. The number of amides is 5. The fraction of sp³-hybridized carbons (Fsp3) is 0.357. The third-order valence-corrected chi connectivity index (χ3v) is 8.83. The second kappa shape index (κ2) is 15.3. The summed E-state index contributed by atoms with van der Waals surface area (Å²) in [6, 6.07) is 13.2. The van der Waals surface area contributed by atoms with Crippen molar-refractivity contribution < 1.29 is 43.3 Å². The number of aliphatic carboxylic acids is 1. The van der Waals surface area contributed by atoms with Gasteiger partial charge in [-0.2, -0.15) is 0 Å². The summed E-state index contributed by atoms with van der Waals surface area (Å²) in [5.41, 5.74) is 2.13. The van der Waals surface area contributed by atoms with Crippen molar-refractivity contribution in [3.8, 4) is 0 Å². The largest absolute Gasteiger partial charge is 0.480 e. The molecule has 5 amide bonds. The van der Waals surface area contributed by atoms with Crippen LogP contribution in [0.15, 0.2) is 48.5 Å². The van der Waals surface area contributed by atoms with Gasteiger partial charge in [-0.25, -0.2) is 9.59 Å². The molecule has 228 valence electrons. The predicted molar refractivity (Wildman–Crippen MR) is 158 cm³/mol. The summed E-state index contributed by atoms with van der Waals surface area (Å²) in [5.74, 6) is -1.45. The first kappa shape index (κ1) is 31.7. The summed E-state index contributed by atoms with van der Waals surface area (Å²) in [6.45, 7) is -0.0590. The first-order chi connectivity index (χ1) is 20.7. The Labute approximate surface area is 255 Å². The number of fused-ring (bicyclic) bond motifs is 1. The molecule has 1 atom stereocenters. The summed E-state index contributed by atoms with van der Waals surface area (Å²) in [5, 5.41) is 14.0. The van der Waals surface area contributed by atoms with E-state index in [-0.39, 0.29) is 51.0 Å². The van der Waals surface area contributed by atoms with Crippen LogP contribution in [-0.4, -0.2) is 88.1 Å². The molecule has 2 heterocycles. The van der Waals surface area contributed by atoms with Gasteiger partial charge in [0.2, 0.25) is 11.8 Å². The Morgan fingerprint density at radius 3 is 2.42 bits per heavy atom. The van der Waals surface area contributed by atoms with Crippen LogP contribution in [0.2, 0.25) is 0 Å². The van der Waals surface area contributed by atoms with E-state index in [1.54, 1.807) is 42.5 Å². The lowest BCUT2D eigenvalue weighted by Gasteiger charge is -2.29. The standard InChI is InChI=1S/C28H30N4O9S2/c33-23-10-9-22(25(36)30-23)32-16-20-19(26(32)37)7-4-8-21(20)29-27(38)40-11-13-42-43-14-12-41-28(39)31(17-24(34)35)15-18-5-2-1-3-6-18/h1-8,22H,9-17H2,(H,29,38)(H,34,35)(H,30,33,36). The van der Waals surface area contributed by atoms with Crippen molar-refractivity contribution in [1.29, 1.82) is 0 Å². The molecule has 0 saturated carbocycles. The zero-order valence-corrected chi connectivity index (χ0v) is 24.6. The highest BCUT2D eigenvalue weighted by Crippen LogP contribution is 2.32. The molecule has 2 aromatic carbocycles. The maximum absolute atomic E-state index is 12.9. The molecule has 0 radical (unpaired) electrons. The van der Waals surface area contributed by atoms with E-state index in [1.807, 2.05) is 6.07 Å². The zero-order chi connectivity index (χ0) is 30.8. The lowest BCUT2D eigenvalue weighted by Crippen LogP contribution is -2.52. The fourth-order valence-corrected chi connectivity index (χ4v) is 6.20. The maximum atomic E-state index is 12.9. The molecular formula is C28H30N4O9S2. The van der Waals surface area contributed by atoms with Crippen molar-refractivity contribution in [2.75, 3.05) is 36.6 Å². The SMILES string of the molecule is O=C(O)CN(Cc1ccccc1)C(=O)OCCSSCCOC(=O)Nc1cccc2c1CN(C1CCC(=O)NC1=O)C2=O. The zero-order valence-electron chi connectivity index (χ0n) is 23.0. The number of carbonyl (C=O) groups excluding carboxylic acids is 5. The molecule has 4 rings (SSSR count). The van der Waals surface area contributed by atoms with Gasteiger partial charge in [-0.3, -0.25) is 34.7 Å². The van der Waals surface area contributed by atoms with Gasteiger partial charge >= 0.3 is 18.2 Å². The van der Waals surface area contributed by atoms with E-state index in [0.717, 1.165) is 10.5 Å². The molecule has 1 fully saturated rings. The average molecular weight is 631 g/mol. The number of hydrogen-bond acceptors (Lipinski definition) is 10. The van der Waals surface area contributed by atoms with E-state index in [0.29, 0.717) is 28.3 Å². The second-order valence-corrected chi connectivity index (χ2v) is 12.2. The highest BCUT2D eigenvalue weighted by molar-refractivity contribution is 8.76. The molecule has 2 aromatic rings. The fourth-order valence-electron chi connectivity index (χ4n) is 4.54. The molecule has 2 aliphatic heterocycles. The monoisotopic (exact) mass is 630 g/mol. The molecule has 13 nitrogen and oxygen atoms in total. The van der Waals surface area contributed by atoms with Gasteiger partial charge in [0, 0.05) is 47.8 Å². The Kier molecular flexibility index (Phi) is 11.3. The third kappa shape index (κ3) is 8.88. The van der Waals surface area contributed by atoms with Gasteiger partial charge in [0.1, 0.15) is 25.8 Å². The number of ether oxygens (including phenoxy) is 2. The van der Waals surface area contributed by atoms with Gasteiger partial charge in [0.05, 0.1) is 0 Å². The Hall–Kier alpha value is -4.24. The van der Waals surface area contributed by atoms with Gasteiger partial charge in [0.15, 0.2) is 0 Å². The minimum Gasteiger partial charge on any atom is -0.480 e. The summed E-state index contributed by atoms with van der Waals surface area (Å²) < 4.78 is 10.5. The lowest BCUT2D eigenvalue weighted by atomic mass is 10.0. The maximum Gasteiger partial charge on any atom is 0.411 e. The number of nitrogens with one attached hydrogen (secondary N) is 2. The predicted octanol–water partition coefficient (Wildman–Crippen LogP) is 3.10. The van der Waals surface area contributed by atoms with Crippen molar-refractivity contribution in [3.05, 3.63) is 65.2 Å². The van der Waals surface area contributed by atoms with Gasteiger partial charge in [0.25, 0.3) is 5.91 Å².